The van der Waals surface area contributed by atoms with Crippen molar-refractivity contribution in [3.63, 3.8) is 0 Å². The lowest BCUT2D eigenvalue weighted by Gasteiger charge is -2.33. The maximum absolute atomic E-state index is 12.7. The fourth-order valence-electron chi connectivity index (χ4n) is 3.04. The number of carbonyl (C=O) groups excluding carboxylic acids is 1. The van der Waals surface area contributed by atoms with E-state index in [1.807, 2.05) is 51.1 Å². The van der Waals surface area contributed by atoms with Crippen LogP contribution in [0.4, 0.5) is 5.95 Å². The number of nitrogens with zero attached hydrogens (tertiary/aromatic N) is 3. The average Bonchev–Trinajstić information content (AvgIpc) is 3.03. The van der Waals surface area contributed by atoms with Gasteiger partial charge in [0.1, 0.15) is 12.2 Å². The number of fused-ring (bicyclic) bond motifs is 1. The summed E-state index contributed by atoms with van der Waals surface area (Å²) in [4.78, 5) is 17.0. The Kier molecular flexibility index (Phi) is 4.64. The highest BCUT2D eigenvalue weighted by molar-refractivity contribution is 5.79. The molecule has 6 nitrogen and oxygen atoms in total. The molecule has 1 N–H and O–H groups in total. The Morgan fingerprint density at radius 1 is 1.33 bits per heavy atom. The van der Waals surface area contributed by atoms with E-state index >= 15 is 0 Å². The second-order valence-electron chi connectivity index (χ2n) is 5.81. The van der Waals surface area contributed by atoms with E-state index in [2.05, 4.69) is 15.4 Å². The average molecular weight is 326 g/mol. The molecule has 0 aliphatic carbocycles. The van der Waals surface area contributed by atoms with E-state index in [0.29, 0.717) is 12.6 Å². The summed E-state index contributed by atoms with van der Waals surface area (Å²) in [6.07, 6.45) is 4.33. The van der Waals surface area contributed by atoms with Crippen molar-refractivity contribution in [3.05, 3.63) is 53.5 Å². The number of esters is 1. The van der Waals surface area contributed by atoms with Crippen molar-refractivity contribution >= 4 is 11.9 Å². The molecule has 0 unspecified atom stereocenters. The van der Waals surface area contributed by atoms with E-state index in [-0.39, 0.29) is 12.0 Å². The van der Waals surface area contributed by atoms with Gasteiger partial charge in [0, 0.05) is 5.70 Å². The van der Waals surface area contributed by atoms with Gasteiger partial charge in [0.2, 0.25) is 5.95 Å². The van der Waals surface area contributed by atoms with Gasteiger partial charge in [-0.1, -0.05) is 42.8 Å². The molecule has 0 spiro atoms. The smallest absolute Gasteiger partial charge is 0.317 e. The van der Waals surface area contributed by atoms with Crippen molar-refractivity contribution in [2.45, 2.75) is 33.2 Å². The van der Waals surface area contributed by atoms with Crippen molar-refractivity contribution < 1.29 is 9.53 Å². The number of benzene rings is 1. The molecule has 2 heterocycles. The molecule has 1 aliphatic heterocycles. The number of nitrogens with one attached hydrogen (secondary N) is 1. The molecule has 2 aromatic rings. The summed E-state index contributed by atoms with van der Waals surface area (Å²) < 4.78 is 7.11. The first-order valence-corrected chi connectivity index (χ1v) is 8.25. The Hall–Kier alpha value is -2.63. The molecule has 0 amide bonds. The molecule has 24 heavy (non-hydrogen) atoms. The lowest BCUT2D eigenvalue weighted by atomic mass is 9.88. The van der Waals surface area contributed by atoms with Crippen LogP contribution in [0.25, 0.3) is 0 Å². The maximum Gasteiger partial charge on any atom is 0.317 e. The normalized spacial score (nSPS) is 21.2. The van der Waals surface area contributed by atoms with Crippen LogP contribution in [0.3, 0.4) is 0 Å². The highest BCUT2D eigenvalue weighted by Gasteiger charge is 2.41. The lowest BCUT2D eigenvalue weighted by Crippen LogP contribution is -2.38. The largest absolute Gasteiger partial charge is 0.465 e. The van der Waals surface area contributed by atoms with E-state index < -0.39 is 5.92 Å². The third-order valence-electron chi connectivity index (χ3n) is 4.13. The molecule has 0 saturated carbocycles. The lowest BCUT2D eigenvalue weighted by molar-refractivity contribution is -0.147. The molecule has 0 saturated heterocycles. The molecule has 0 fully saturated rings. The monoisotopic (exact) mass is 326 g/mol. The summed E-state index contributed by atoms with van der Waals surface area (Å²) in [5, 5.41) is 7.56. The van der Waals surface area contributed by atoms with Gasteiger partial charge in [-0.05, 0) is 25.8 Å². The summed E-state index contributed by atoms with van der Waals surface area (Å²) >= 11 is 0. The molecule has 6 heteroatoms. The topological polar surface area (TPSA) is 69.0 Å². The quantitative estimate of drug-likeness (QED) is 0.875. The van der Waals surface area contributed by atoms with Gasteiger partial charge in [-0.25, -0.2) is 4.68 Å². The zero-order chi connectivity index (χ0) is 17.1. The molecule has 0 bridgehead atoms. The van der Waals surface area contributed by atoms with Crippen molar-refractivity contribution in [1.29, 1.82) is 0 Å². The number of rotatable bonds is 4. The Labute approximate surface area is 141 Å². The van der Waals surface area contributed by atoms with Crippen LogP contribution >= 0.6 is 0 Å². The first kappa shape index (κ1) is 16.2. The van der Waals surface area contributed by atoms with Gasteiger partial charge >= 0.3 is 5.97 Å². The highest BCUT2D eigenvalue weighted by atomic mass is 16.5. The summed E-state index contributed by atoms with van der Waals surface area (Å²) in [7, 11) is 0. The SMILES string of the molecule is CC/C=C1/Nc2ncnn2[C@H](c2ccc(C)cc2)[C@H]1C(=O)OCC. The fourth-order valence-corrected chi connectivity index (χ4v) is 3.04. The Morgan fingerprint density at radius 2 is 2.08 bits per heavy atom. The molecule has 2 atom stereocenters. The molecular weight excluding hydrogens is 304 g/mol. The number of hydrogen-bond donors (Lipinski definition) is 1. The van der Waals surface area contributed by atoms with E-state index in [1.165, 1.54) is 11.9 Å². The predicted molar refractivity (Wildman–Crippen MR) is 91.5 cm³/mol. The molecule has 1 aromatic heterocycles. The van der Waals surface area contributed by atoms with Gasteiger partial charge in [0.25, 0.3) is 0 Å². The van der Waals surface area contributed by atoms with Crippen LogP contribution in [-0.2, 0) is 9.53 Å². The number of aryl methyl sites for hydroxylation is 1. The van der Waals surface area contributed by atoms with Gasteiger partial charge in [0.05, 0.1) is 12.6 Å². The van der Waals surface area contributed by atoms with Gasteiger partial charge in [-0.3, -0.25) is 4.79 Å². The first-order chi connectivity index (χ1) is 11.7. The van der Waals surface area contributed by atoms with Crippen LogP contribution in [0.1, 0.15) is 37.4 Å². The Balaban J connectivity index is 2.13. The third-order valence-corrected chi connectivity index (χ3v) is 4.13. The zero-order valence-corrected chi connectivity index (χ0v) is 14.2. The van der Waals surface area contributed by atoms with Crippen LogP contribution in [0.15, 0.2) is 42.4 Å². The van der Waals surface area contributed by atoms with Crippen LogP contribution < -0.4 is 5.32 Å². The van der Waals surface area contributed by atoms with E-state index in [1.54, 1.807) is 4.68 Å². The molecule has 3 rings (SSSR count). The van der Waals surface area contributed by atoms with Crippen LogP contribution in [-0.4, -0.2) is 27.3 Å². The third kappa shape index (κ3) is 2.91. The first-order valence-electron chi connectivity index (χ1n) is 8.25. The van der Waals surface area contributed by atoms with E-state index in [9.17, 15) is 4.79 Å². The molecule has 126 valence electrons. The molecular formula is C18H22N4O2. The molecule has 0 radical (unpaired) electrons. The fraction of sp³-hybridized carbons (Fsp3) is 0.389. The van der Waals surface area contributed by atoms with Gasteiger partial charge in [0.15, 0.2) is 0 Å². The van der Waals surface area contributed by atoms with Gasteiger partial charge in [-0.2, -0.15) is 10.1 Å². The second-order valence-corrected chi connectivity index (χ2v) is 5.81. The minimum atomic E-state index is -0.471. The standard InChI is InChI=1S/C18H22N4O2/c1-4-6-14-15(17(23)24-5-2)16(13-9-7-12(3)8-10-13)22-18(21-14)19-11-20-22/h6-11,15-16H,4-5H2,1-3H3,(H,19,20,21)/b14-6+/t15-,16+/m0/s1. The van der Waals surface area contributed by atoms with Gasteiger partial charge < -0.3 is 10.1 Å². The van der Waals surface area contributed by atoms with Crippen LogP contribution in [0.2, 0.25) is 0 Å². The van der Waals surface area contributed by atoms with Crippen molar-refractivity contribution in [2.24, 2.45) is 5.92 Å². The molecule has 1 aromatic carbocycles. The highest BCUT2D eigenvalue weighted by Crippen LogP contribution is 2.38. The zero-order valence-electron chi connectivity index (χ0n) is 14.2. The number of aromatic nitrogens is 3. The summed E-state index contributed by atoms with van der Waals surface area (Å²) in [5.74, 6) is -0.0842. The summed E-state index contributed by atoms with van der Waals surface area (Å²) in [5.41, 5.74) is 3.00. The summed E-state index contributed by atoms with van der Waals surface area (Å²) in [6, 6.07) is 7.87. The molecule has 1 aliphatic rings. The Morgan fingerprint density at radius 3 is 2.75 bits per heavy atom. The minimum Gasteiger partial charge on any atom is -0.465 e. The van der Waals surface area contributed by atoms with E-state index in [0.717, 1.165) is 17.7 Å². The number of ether oxygens (including phenoxy) is 1. The van der Waals surface area contributed by atoms with Gasteiger partial charge in [-0.15, -0.1) is 0 Å². The number of carbonyl (C=O) groups is 1. The van der Waals surface area contributed by atoms with Crippen molar-refractivity contribution in [2.75, 3.05) is 11.9 Å². The second kappa shape index (κ2) is 6.86. The van der Waals surface area contributed by atoms with Crippen LogP contribution in [0.5, 0.6) is 0 Å². The van der Waals surface area contributed by atoms with E-state index in [4.69, 9.17) is 4.74 Å². The number of hydrogen-bond acceptors (Lipinski definition) is 5. The Bertz CT molecular complexity index is 749. The van der Waals surface area contributed by atoms with Crippen LogP contribution in [0, 0.1) is 12.8 Å². The van der Waals surface area contributed by atoms with Crippen molar-refractivity contribution in [3.8, 4) is 0 Å². The van der Waals surface area contributed by atoms with Crippen molar-refractivity contribution in [1.82, 2.24) is 14.8 Å². The maximum atomic E-state index is 12.7. The minimum absolute atomic E-state index is 0.253. The number of anilines is 1. The number of allylic oxidation sites excluding steroid dienone is 1. The summed E-state index contributed by atoms with van der Waals surface area (Å²) in [6.45, 7) is 6.24. The predicted octanol–water partition coefficient (Wildman–Crippen LogP) is 3.07.